The normalized spacial score (nSPS) is 16.0. The number of nitrogens with one attached hydrogen (secondary N) is 1. The Kier molecular flexibility index (Phi) is 4.74. The first kappa shape index (κ1) is 16.4. The molecule has 0 saturated heterocycles. The minimum Gasteiger partial charge on any atom is -0.497 e. The topological polar surface area (TPSA) is 30.5 Å². The van der Waals surface area contributed by atoms with Gasteiger partial charge >= 0.3 is 0 Å². The van der Waals surface area contributed by atoms with E-state index in [0.717, 1.165) is 29.0 Å². The summed E-state index contributed by atoms with van der Waals surface area (Å²) in [6, 6.07) is 11.0. The zero-order chi connectivity index (χ0) is 17.1. The van der Waals surface area contributed by atoms with Crippen LogP contribution in [0.4, 0.5) is 10.1 Å². The number of hydrogen-bond acceptors (Lipinski definition) is 3. The molecule has 0 radical (unpaired) electrons. The van der Waals surface area contributed by atoms with Gasteiger partial charge in [-0.15, -0.1) is 0 Å². The molecule has 1 atom stereocenters. The van der Waals surface area contributed by atoms with Gasteiger partial charge in [0, 0.05) is 11.6 Å². The molecule has 126 valence electrons. The molecule has 0 aromatic heterocycles. The summed E-state index contributed by atoms with van der Waals surface area (Å²) in [6.07, 6.45) is 2.82. The molecule has 0 saturated carbocycles. The third-order valence-electron chi connectivity index (χ3n) is 4.17. The van der Waals surface area contributed by atoms with Gasteiger partial charge in [-0.25, -0.2) is 4.39 Å². The van der Waals surface area contributed by atoms with Crippen LogP contribution in [0.2, 0.25) is 0 Å². The van der Waals surface area contributed by atoms with Crippen LogP contribution in [0.15, 0.2) is 36.4 Å². The summed E-state index contributed by atoms with van der Waals surface area (Å²) < 4.78 is 25.3. The van der Waals surface area contributed by atoms with E-state index < -0.39 is 0 Å². The Morgan fingerprint density at radius 3 is 2.54 bits per heavy atom. The Morgan fingerprint density at radius 1 is 1.12 bits per heavy atom. The van der Waals surface area contributed by atoms with Gasteiger partial charge in [-0.05, 0) is 54.8 Å². The molecule has 1 aliphatic heterocycles. The maximum Gasteiger partial charge on any atom is 0.143 e. The fourth-order valence-corrected chi connectivity index (χ4v) is 2.89. The van der Waals surface area contributed by atoms with Crippen molar-refractivity contribution in [3.8, 4) is 11.5 Å². The van der Waals surface area contributed by atoms with Crippen molar-refractivity contribution in [2.24, 2.45) is 0 Å². The summed E-state index contributed by atoms with van der Waals surface area (Å²) in [7, 11) is 1.64. The summed E-state index contributed by atoms with van der Waals surface area (Å²) in [5.74, 6) is 1.25. The fraction of sp³-hybridized carbons (Fsp3) is 0.300. The van der Waals surface area contributed by atoms with Crippen LogP contribution < -0.4 is 14.8 Å². The number of anilines is 1. The molecular formula is C20H22FNO2. The molecule has 3 rings (SSSR count). The first-order chi connectivity index (χ1) is 11.6. The molecule has 0 amide bonds. The summed E-state index contributed by atoms with van der Waals surface area (Å²) in [5, 5.41) is 3.39. The van der Waals surface area contributed by atoms with E-state index in [1.807, 2.05) is 37.3 Å². The lowest BCUT2D eigenvalue weighted by Gasteiger charge is -2.28. The molecule has 1 N–H and O–H groups in total. The van der Waals surface area contributed by atoms with E-state index in [4.69, 9.17) is 9.47 Å². The van der Waals surface area contributed by atoms with Crippen molar-refractivity contribution in [2.75, 3.05) is 19.0 Å². The first-order valence-corrected chi connectivity index (χ1v) is 8.22. The molecule has 2 aromatic rings. The molecule has 2 aromatic carbocycles. The molecule has 1 aliphatic rings. The third kappa shape index (κ3) is 3.09. The van der Waals surface area contributed by atoms with E-state index in [-0.39, 0.29) is 11.9 Å². The summed E-state index contributed by atoms with van der Waals surface area (Å²) in [5.41, 5.74) is 3.36. The van der Waals surface area contributed by atoms with Crippen molar-refractivity contribution in [1.29, 1.82) is 0 Å². The highest BCUT2D eigenvalue weighted by molar-refractivity contribution is 5.94. The second kappa shape index (κ2) is 6.95. The minimum absolute atomic E-state index is 0.0525. The molecular weight excluding hydrogens is 305 g/mol. The van der Waals surface area contributed by atoms with Gasteiger partial charge < -0.3 is 14.8 Å². The van der Waals surface area contributed by atoms with Gasteiger partial charge in [-0.3, -0.25) is 0 Å². The standard InChI is InChI=1S/C20H22FNO2/c1-4-11-24-19-10-9-18(21)17-12-16(13(2)22-20(17)19)14-5-7-15(23-3)8-6-14/h5-10,12-13,22H,4,11H2,1-3H3. The van der Waals surface area contributed by atoms with E-state index in [1.165, 1.54) is 6.07 Å². The number of ether oxygens (including phenoxy) is 2. The number of benzene rings is 2. The van der Waals surface area contributed by atoms with Crippen LogP contribution >= 0.6 is 0 Å². The van der Waals surface area contributed by atoms with Gasteiger partial charge in [0.25, 0.3) is 0 Å². The maximum absolute atomic E-state index is 14.3. The monoisotopic (exact) mass is 327 g/mol. The number of fused-ring (bicyclic) bond motifs is 1. The zero-order valence-corrected chi connectivity index (χ0v) is 14.2. The lowest BCUT2D eigenvalue weighted by molar-refractivity contribution is 0.318. The molecule has 1 unspecified atom stereocenters. The van der Waals surface area contributed by atoms with Gasteiger partial charge in [0.05, 0.1) is 19.4 Å². The van der Waals surface area contributed by atoms with Crippen molar-refractivity contribution in [1.82, 2.24) is 0 Å². The predicted molar refractivity (Wildman–Crippen MR) is 96.1 cm³/mol. The Hall–Kier alpha value is -2.49. The summed E-state index contributed by atoms with van der Waals surface area (Å²) >= 11 is 0. The zero-order valence-electron chi connectivity index (χ0n) is 14.2. The average molecular weight is 327 g/mol. The van der Waals surface area contributed by atoms with E-state index >= 15 is 0 Å². The van der Waals surface area contributed by atoms with Gasteiger partial charge in [0.1, 0.15) is 17.3 Å². The maximum atomic E-state index is 14.3. The Morgan fingerprint density at radius 2 is 1.88 bits per heavy atom. The molecule has 0 bridgehead atoms. The lowest BCUT2D eigenvalue weighted by Crippen LogP contribution is -2.22. The van der Waals surface area contributed by atoms with Crippen molar-refractivity contribution in [3.63, 3.8) is 0 Å². The van der Waals surface area contributed by atoms with E-state index in [0.29, 0.717) is 17.9 Å². The highest BCUT2D eigenvalue weighted by atomic mass is 19.1. The Balaban J connectivity index is 2.02. The van der Waals surface area contributed by atoms with Crippen molar-refractivity contribution < 1.29 is 13.9 Å². The number of methoxy groups -OCH3 is 1. The van der Waals surface area contributed by atoms with Gasteiger partial charge in [0.2, 0.25) is 0 Å². The van der Waals surface area contributed by atoms with E-state index in [1.54, 1.807) is 13.2 Å². The molecule has 4 heteroatoms. The van der Waals surface area contributed by atoms with Crippen LogP contribution in [0.5, 0.6) is 11.5 Å². The van der Waals surface area contributed by atoms with Crippen molar-refractivity contribution in [2.45, 2.75) is 26.3 Å². The van der Waals surface area contributed by atoms with E-state index in [2.05, 4.69) is 12.2 Å². The van der Waals surface area contributed by atoms with Crippen LogP contribution in [0.3, 0.4) is 0 Å². The van der Waals surface area contributed by atoms with Crippen LogP contribution in [-0.2, 0) is 0 Å². The third-order valence-corrected chi connectivity index (χ3v) is 4.17. The van der Waals surface area contributed by atoms with Crippen LogP contribution in [0.25, 0.3) is 11.6 Å². The fourth-order valence-electron chi connectivity index (χ4n) is 2.89. The number of rotatable bonds is 5. The minimum atomic E-state index is -0.251. The SMILES string of the molecule is CCCOc1ccc(F)c2c1NC(C)C(c1ccc(OC)cc1)=C2. The van der Waals surface area contributed by atoms with Gasteiger partial charge in [-0.1, -0.05) is 19.1 Å². The average Bonchev–Trinajstić information content (AvgIpc) is 2.61. The predicted octanol–water partition coefficient (Wildman–Crippen LogP) is 4.98. The molecule has 1 heterocycles. The Labute approximate surface area is 142 Å². The van der Waals surface area contributed by atoms with Crippen LogP contribution in [-0.4, -0.2) is 19.8 Å². The Bertz CT molecular complexity index is 753. The molecule has 0 fully saturated rings. The number of hydrogen-bond donors (Lipinski definition) is 1. The summed E-state index contributed by atoms with van der Waals surface area (Å²) in [4.78, 5) is 0. The quantitative estimate of drug-likeness (QED) is 0.840. The highest BCUT2D eigenvalue weighted by Gasteiger charge is 2.23. The summed E-state index contributed by atoms with van der Waals surface area (Å²) in [6.45, 7) is 4.73. The molecule has 3 nitrogen and oxygen atoms in total. The highest BCUT2D eigenvalue weighted by Crippen LogP contribution is 2.39. The van der Waals surface area contributed by atoms with E-state index in [9.17, 15) is 4.39 Å². The van der Waals surface area contributed by atoms with Crippen molar-refractivity contribution >= 4 is 17.3 Å². The second-order valence-corrected chi connectivity index (χ2v) is 5.88. The van der Waals surface area contributed by atoms with Crippen LogP contribution in [0.1, 0.15) is 31.4 Å². The molecule has 24 heavy (non-hydrogen) atoms. The van der Waals surface area contributed by atoms with Gasteiger partial charge in [-0.2, -0.15) is 0 Å². The van der Waals surface area contributed by atoms with Crippen molar-refractivity contribution in [3.05, 3.63) is 53.3 Å². The van der Waals surface area contributed by atoms with Crippen LogP contribution in [0, 0.1) is 5.82 Å². The van der Waals surface area contributed by atoms with Gasteiger partial charge in [0.15, 0.2) is 0 Å². The smallest absolute Gasteiger partial charge is 0.143 e. The second-order valence-electron chi connectivity index (χ2n) is 5.88. The molecule has 0 spiro atoms. The first-order valence-electron chi connectivity index (χ1n) is 8.22. The lowest BCUT2D eigenvalue weighted by atomic mass is 9.92. The molecule has 0 aliphatic carbocycles. The number of halogens is 1. The largest absolute Gasteiger partial charge is 0.497 e.